The van der Waals surface area contributed by atoms with E-state index in [-0.39, 0.29) is 23.1 Å². The lowest BCUT2D eigenvalue weighted by molar-refractivity contribution is -0.119. The SMILES string of the molecule is Cc1ccc(F)c(N2C(=O)CSC2c2ccc(NC(=O)C3CCCC3)cc2)c1. The summed E-state index contributed by atoms with van der Waals surface area (Å²) in [6, 6.07) is 12.3. The zero-order chi connectivity index (χ0) is 19.7. The van der Waals surface area contributed by atoms with Gasteiger partial charge in [-0.2, -0.15) is 0 Å². The normalized spacial score (nSPS) is 20.0. The van der Waals surface area contributed by atoms with Gasteiger partial charge in [0.25, 0.3) is 0 Å². The molecule has 0 spiro atoms. The molecule has 0 bridgehead atoms. The summed E-state index contributed by atoms with van der Waals surface area (Å²) in [6.45, 7) is 1.88. The summed E-state index contributed by atoms with van der Waals surface area (Å²) in [5, 5.41) is 2.71. The summed E-state index contributed by atoms with van der Waals surface area (Å²) in [5.74, 6) is 0.0182. The van der Waals surface area contributed by atoms with E-state index >= 15 is 0 Å². The number of carbonyl (C=O) groups excluding carboxylic acids is 2. The Bertz CT molecular complexity index is 894. The minimum Gasteiger partial charge on any atom is -0.326 e. The predicted octanol–water partition coefficient (Wildman–Crippen LogP) is 5.04. The molecule has 1 N–H and O–H groups in total. The van der Waals surface area contributed by atoms with Crippen LogP contribution in [0.25, 0.3) is 0 Å². The van der Waals surface area contributed by atoms with Gasteiger partial charge in [0, 0.05) is 11.6 Å². The molecule has 4 rings (SSSR count). The van der Waals surface area contributed by atoms with Crippen LogP contribution in [0.3, 0.4) is 0 Å². The second-order valence-corrected chi connectivity index (χ2v) is 8.54. The topological polar surface area (TPSA) is 49.4 Å². The van der Waals surface area contributed by atoms with E-state index in [0.29, 0.717) is 11.4 Å². The Kier molecular flexibility index (Phi) is 5.40. The molecule has 2 aromatic carbocycles. The van der Waals surface area contributed by atoms with Crippen molar-refractivity contribution in [2.45, 2.75) is 38.0 Å². The number of thioether (sulfide) groups is 1. The van der Waals surface area contributed by atoms with E-state index in [1.165, 1.54) is 17.8 Å². The number of nitrogens with zero attached hydrogens (tertiary/aromatic N) is 1. The summed E-state index contributed by atoms with van der Waals surface area (Å²) in [6.07, 6.45) is 4.16. The van der Waals surface area contributed by atoms with E-state index in [9.17, 15) is 14.0 Å². The Morgan fingerprint density at radius 2 is 1.86 bits per heavy atom. The fourth-order valence-electron chi connectivity index (χ4n) is 3.90. The standard InChI is InChI=1S/C22H23FN2O2S/c1-14-6-11-18(23)19(12-14)25-20(26)13-28-22(25)16-7-9-17(10-8-16)24-21(27)15-4-2-3-5-15/h6-12,15,22H,2-5,13H2,1H3,(H,24,27). The number of rotatable bonds is 4. The van der Waals surface area contributed by atoms with E-state index < -0.39 is 5.82 Å². The van der Waals surface area contributed by atoms with Crippen LogP contribution < -0.4 is 10.2 Å². The Balaban J connectivity index is 1.53. The first-order chi connectivity index (χ1) is 13.5. The molecule has 0 aromatic heterocycles. The van der Waals surface area contributed by atoms with Crippen LogP contribution in [0.1, 0.15) is 42.2 Å². The molecular formula is C22H23FN2O2S. The Hall–Kier alpha value is -2.34. The second kappa shape index (κ2) is 7.95. The zero-order valence-corrected chi connectivity index (χ0v) is 16.6. The quantitative estimate of drug-likeness (QED) is 0.785. The summed E-state index contributed by atoms with van der Waals surface area (Å²) in [4.78, 5) is 26.3. The first kappa shape index (κ1) is 19.0. The molecular weight excluding hydrogens is 375 g/mol. The van der Waals surface area contributed by atoms with Gasteiger partial charge in [-0.15, -0.1) is 11.8 Å². The van der Waals surface area contributed by atoms with Crippen molar-refractivity contribution in [3.8, 4) is 0 Å². The van der Waals surface area contributed by atoms with Crippen molar-refractivity contribution in [1.82, 2.24) is 0 Å². The summed E-state index contributed by atoms with van der Waals surface area (Å²) < 4.78 is 14.4. The fraction of sp³-hybridized carbons (Fsp3) is 0.364. The molecule has 1 saturated heterocycles. The molecule has 6 heteroatoms. The van der Waals surface area contributed by atoms with Crippen molar-refractivity contribution in [1.29, 1.82) is 0 Å². The first-order valence-electron chi connectivity index (χ1n) is 9.63. The maximum Gasteiger partial charge on any atom is 0.238 e. The molecule has 28 heavy (non-hydrogen) atoms. The van der Waals surface area contributed by atoms with Crippen molar-refractivity contribution in [3.05, 3.63) is 59.4 Å². The maximum atomic E-state index is 14.4. The Labute approximate surface area is 168 Å². The molecule has 0 radical (unpaired) electrons. The minimum atomic E-state index is -0.396. The molecule has 1 aliphatic heterocycles. The van der Waals surface area contributed by atoms with Gasteiger partial charge in [0.2, 0.25) is 11.8 Å². The van der Waals surface area contributed by atoms with Crippen LogP contribution in [0, 0.1) is 18.7 Å². The Morgan fingerprint density at radius 3 is 2.57 bits per heavy atom. The maximum absolute atomic E-state index is 14.4. The van der Waals surface area contributed by atoms with Crippen LogP contribution in [-0.2, 0) is 9.59 Å². The lowest BCUT2D eigenvalue weighted by Gasteiger charge is -2.25. The third-order valence-corrected chi connectivity index (χ3v) is 6.63. The van der Waals surface area contributed by atoms with Crippen molar-refractivity contribution < 1.29 is 14.0 Å². The van der Waals surface area contributed by atoms with Crippen LogP contribution in [0.5, 0.6) is 0 Å². The molecule has 1 saturated carbocycles. The van der Waals surface area contributed by atoms with Gasteiger partial charge in [0.1, 0.15) is 11.2 Å². The van der Waals surface area contributed by atoms with Gasteiger partial charge in [-0.05, 0) is 55.2 Å². The number of nitrogens with one attached hydrogen (secondary N) is 1. The smallest absolute Gasteiger partial charge is 0.238 e. The number of amides is 2. The molecule has 146 valence electrons. The highest BCUT2D eigenvalue weighted by atomic mass is 32.2. The van der Waals surface area contributed by atoms with E-state index in [4.69, 9.17) is 0 Å². The number of benzene rings is 2. The monoisotopic (exact) mass is 398 g/mol. The van der Waals surface area contributed by atoms with Crippen molar-refractivity contribution in [3.63, 3.8) is 0 Å². The Morgan fingerprint density at radius 1 is 1.14 bits per heavy atom. The van der Waals surface area contributed by atoms with Gasteiger partial charge < -0.3 is 5.32 Å². The summed E-state index contributed by atoms with van der Waals surface area (Å²) in [7, 11) is 0. The third kappa shape index (κ3) is 3.78. The minimum absolute atomic E-state index is 0.0825. The number of carbonyl (C=O) groups is 2. The second-order valence-electron chi connectivity index (χ2n) is 7.47. The highest BCUT2D eigenvalue weighted by Crippen LogP contribution is 2.43. The van der Waals surface area contributed by atoms with Crippen molar-refractivity contribution in [2.24, 2.45) is 5.92 Å². The summed E-state index contributed by atoms with van der Waals surface area (Å²) >= 11 is 1.48. The zero-order valence-electron chi connectivity index (χ0n) is 15.8. The van der Waals surface area contributed by atoms with Crippen molar-refractivity contribution in [2.75, 3.05) is 16.0 Å². The lowest BCUT2D eigenvalue weighted by atomic mass is 10.1. The number of aryl methyl sites for hydroxylation is 1. The van der Waals surface area contributed by atoms with Crippen LogP contribution in [0.2, 0.25) is 0 Å². The summed E-state index contributed by atoms with van der Waals surface area (Å²) in [5.41, 5.74) is 2.89. The highest BCUT2D eigenvalue weighted by molar-refractivity contribution is 8.00. The van der Waals surface area contributed by atoms with Gasteiger partial charge in [-0.3, -0.25) is 14.5 Å². The van der Waals surface area contributed by atoms with Gasteiger partial charge in [-0.25, -0.2) is 4.39 Å². The van der Waals surface area contributed by atoms with E-state index in [2.05, 4.69) is 5.32 Å². The molecule has 1 atom stereocenters. The highest BCUT2D eigenvalue weighted by Gasteiger charge is 2.35. The van der Waals surface area contributed by atoms with Crippen molar-refractivity contribution >= 4 is 35.0 Å². The molecule has 2 aliphatic rings. The van der Waals surface area contributed by atoms with Gasteiger partial charge in [0.15, 0.2) is 0 Å². The largest absolute Gasteiger partial charge is 0.326 e. The van der Waals surface area contributed by atoms with Crippen LogP contribution in [0.15, 0.2) is 42.5 Å². The molecule has 1 aliphatic carbocycles. The number of hydrogen-bond acceptors (Lipinski definition) is 3. The van der Waals surface area contributed by atoms with E-state index in [1.54, 1.807) is 17.0 Å². The fourth-order valence-corrected chi connectivity index (χ4v) is 5.07. The molecule has 2 aromatic rings. The number of halogens is 1. The first-order valence-corrected chi connectivity index (χ1v) is 10.7. The number of anilines is 2. The molecule has 1 unspecified atom stereocenters. The van der Waals surface area contributed by atoms with Crippen LogP contribution in [0.4, 0.5) is 15.8 Å². The van der Waals surface area contributed by atoms with Gasteiger partial charge >= 0.3 is 0 Å². The third-order valence-electron chi connectivity index (χ3n) is 5.42. The van der Waals surface area contributed by atoms with E-state index in [1.807, 2.05) is 31.2 Å². The molecule has 4 nitrogen and oxygen atoms in total. The molecule has 1 heterocycles. The molecule has 2 fully saturated rings. The van der Waals surface area contributed by atoms with Crippen LogP contribution >= 0.6 is 11.8 Å². The molecule has 2 amide bonds. The van der Waals surface area contributed by atoms with E-state index in [0.717, 1.165) is 42.5 Å². The van der Waals surface area contributed by atoms with Crippen LogP contribution in [-0.4, -0.2) is 17.6 Å². The lowest BCUT2D eigenvalue weighted by Crippen LogP contribution is -2.28. The predicted molar refractivity (Wildman–Crippen MR) is 111 cm³/mol. The average Bonchev–Trinajstić information content (AvgIpc) is 3.35. The average molecular weight is 399 g/mol. The van der Waals surface area contributed by atoms with Gasteiger partial charge in [0.05, 0.1) is 11.4 Å². The van der Waals surface area contributed by atoms with Gasteiger partial charge in [-0.1, -0.05) is 31.0 Å². The number of hydrogen-bond donors (Lipinski definition) is 1.